The van der Waals surface area contributed by atoms with Crippen LogP contribution in [0.15, 0.2) is 0 Å². The van der Waals surface area contributed by atoms with E-state index in [2.05, 4.69) is 58.6 Å². The minimum absolute atomic E-state index is 0.244. The third-order valence-corrected chi connectivity index (χ3v) is 3.85. The molecule has 0 amide bonds. The van der Waals surface area contributed by atoms with Gasteiger partial charge in [-0.3, -0.25) is 0 Å². The number of thioether (sulfide) groups is 1. The normalized spacial score (nSPS) is 16.4. The molecule has 1 unspecified atom stereocenters. The number of rotatable bonds is 7. The van der Waals surface area contributed by atoms with E-state index in [-0.39, 0.29) is 5.54 Å². The molecule has 0 aliphatic heterocycles. The predicted molar refractivity (Wildman–Crippen MR) is 73.8 cm³/mol. The Hall–Kier alpha value is 0.310. The smallest absolute Gasteiger partial charge is 0.00967 e. The quantitative estimate of drug-likeness (QED) is 0.666. The Bertz CT molecular complexity index is 162. The van der Waals surface area contributed by atoms with Crippen LogP contribution in [-0.4, -0.2) is 23.6 Å². The third kappa shape index (κ3) is 8.15. The first-order chi connectivity index (χ1) is 6.83. The van der Waals surface area contributed by atoms with Crippen molar-refractivity contribution in [1.29, 1.82) is 0 Å². The van der Waals surface area contributed by atoms with Gasteiger partial charge in [0.1, 0.15) is 0 Å². The van der Waals surface area contributed by atoms with Crippen molar-refractivity contribution in [2.75, 3.05) is 18.1 Å². The van der Waals surface area contributed by atoms with Crippen LogP contribution in [0.2, 0.25) is 0 Å². The SMILES string of the molecule is CCSCCC(C)(CC)CNC(C)(C)C. The second kappa shape index (κ2) is 6.80. The van der Waals surface area contributed by atoms with Gasteiger partial charge in [0.2, 0.25) is 0 Å². The first-order valence-corrected chi connectivity index (χ1v) is 7.31. The molecular formula is C13H29NS. The summed E-state index contributed by atoms with van der Waals surface area (Å²) in [7, 11) is 0. The van der Waals surface area contributed by atoms with Gasteiger partial charge in [-0.25, -0.2) is 0 Å². The van der Waals surface area contributed by atoms with Crippen LogP contribution >= 0.6 is 11.8 Å². The van der Waals surface area contributed by atoms with Gasteiger partial charge in [0.05, 0.1) is 0 Å². The van der Waals surface area contributed by atoms with Crippen LogP contribution in [0.5, 0.6) is 0 Å². The van der Waals surface area contributed by atoms with Gasteiger partial charge in [0.15, 0.2) is 0 Å². The van der Waals surface area contributed by atoms with Crippen molar-refractivity contribution in [1.82, 2.24) is 5.32 Å². The van der Waals surface area contributed by atoms with Crippen molar-refractivity contribution in [2.45, 2.75) is 59.9 Å². The summed E-state index contributed by atoms with van der Waals surface area (Å²) >= 11 is 2.06. The fraction of sp³-hybridized carbons (Fsp3) is 1.00. The van der Waals surface area contributed by atoms with Gasteiger partial charge >= 0.3 is 0 Å². The second-order valence-corrected chi connectivity index (χ2v) is 7.11. The maximum absolute atomic E-state index is 3.63. The maximum atomic E-state index is 3.63. The first-order valence-electron chi connectivity index (χ1n) is 6.16. The van der Waals surface area contributed by atoms with Crippen LogP contribution in [0.3, 0.4) is 0 Å². The van der Waals surface area contributed by atoms with Crippen LogP contribution < -0.4 is 5.32 Å². The number of hydrogen-bond acceptors (Lipinski definition) is 2. The van der Waals surface area contributed by atoms with Crippen molar-refractivity contribution in [2.24, 2.45) is 5.41 Å². The highest BCUT2D eigenvalue weighted by molar-refractivity contribution is 7.99. The molecular weight excluding hydrogens is 202 g/mol. The topological polar surface area (TPSA) is 12.0 Å². The van der Waals surface area contributed by atoms with Crippen LogP contribution in [0.25, 0.3) is 0 Å². The van der Waals surface area contributed by atoms with E-state index in [0.717, 1.165) is 6.54 Å². The molecule has 0 aromatic carbocycles. The van der Waals surface area contributed by atoms with Crippen LogP contribution in [-0.2, 0) is 0 Å². The first kappa shape index (κ1) is 15.3. The Labute approximate surface area is 101 Å². The second-order valence-electron chi connectivity index (χ2n) is 5.71. The van der Waals surface area contributed by atoms with Crippen molar-refractivity contribution in [3.05, 3.63) is 0 Å². The Kier molecular flexibility index (Phi) is 6.94. The van der Waals surface area contributed by atoms with Crippen LogP contribution in [0.4, 0.5) is 0 Å². The summed E-state index contributed by atoms with van der Waals surface area (Å²) in [5, 5.41) is 3.63. The molecule has 1 atom stereocenters. The van der Waals surface area contributed by atoms with Gasteiger partial charge < -0.3 is 5.32 Å². The van der Waals surface area contributed by atoms with E-state index in [1.54, 1.807) is 0 Å². The zero-order valence-corrected chi connectivity index (χ0v) is 12.3. The third-order valence-electron chi connectivity index (χ3n) is 2.95. The Balaban J connectivity index is 3.96. The molecule has 0 aromatic heterocycles. The minimum Gasteiger partial charge on any atom is -0.312 e. The molecule has 2 heteroatoms. The lowest BCUT2D eigenvalue weighted by Crippen LogP contribution is -2.43. The maximum Gasteiger partial charge on any atom is 0.00967 e. The van der Waals surface area contributed by atoms with E-state index in [1.807, 2.05) is 0 Å². The molecule has 0 fully saturated rings. The lowest BCUT2D eigenvalue weighted by molar-refractivity contribution is 0.250. The molecule has 0 radical (unpaired) electrons. The fourth-order valence-corrected chi connectivity index (χ4v) is 2.26. The molecule has 0 heterocycles. The molecule has 0 aliphatic rings. The summed E-state index contributed by atoms with van der Waals surface area (Å²) in [4.78, 5) is 0. The van der Waals surface area contributed by atoms with E-state index in [1.165, 1.54) is 24.3 Å². The monoisotopic (exact) mass is 231 g/mol. The largest absolute Gasteiger partial charge is 0.312 e. The lowest BCUT2D eigenvalue weighted by atomic mass is 9.84. The van der Waals surface area contributed by atoms with Crippen LogP contribution in [0.1, 0.15) is 54.4 Å². The molecule has 0 saturated heterocycles. The molecule has 0 bridgehead atoms. The lowest BCUT2D eigenvalue weighted by Gasteiger charge is -2.33. The molecule has 0 rings (SSSR count). The molecule has 1 N–H and O–H groups in total. The van der Waals surface area contributed by atoms with Gasteiger partial charge in [-0.15, -0.1) is 0 Å². The summed E-state index contributed by atoms with van der Waals surface area (Å²) in [5.74, 6) is 2.54. The van der Waals surface area contributed by atoms with Gasteiger partial charge in [-0.05, 0) is 50.5 Å². The Morgan fingerprint density at radius 2 is 1.67 bits per heavy atom. The van der Waals surface area contributed by atoms with Crippen molar-refractivity contribution in [3.63, 3.8) is 0 Å². The average Bonchev–Trinajstić information content (AvgIpc) is 2.14. The molecule has 0 aromatic rings. The van der Waals surface area contributed by atoms with Gasteiger partial charge in [-0.1, -0.05) is 20.8 Å². The van der Waals surface area contributed by atoms with Crippen molar-refractivity contribution >= 4 is 11.8 Å². The zero-order valence-electron chi connectivity index (χ0n) is 11.4. The Morgan fingerprint density at radius 3 is 2.07 bits per heavy atom. The summed E-state index contributed by atoms with van der Waals surface area (Å²) in [6.45, 7) is 14.8. The van der Waals surface area contributed by atoms with Gasteiger partial charge in [0.25, 0.3) is 0 Å². The van der Waals surface area contributed by atoms with Crippen molar-refractivity contribution in [3.8, 4) is 0 Å². The summed E-state index contributed by atoms with van der Waals surface area (Å²) in [6, 6.07) is 0. The van der Waals surface area contributed by atoms with E-state index in [0.29, 0.717) is 5.41 Å². The Morgan fingerprint density at radius 1 is 1.07 bits per heavy atom. The molecule has 0 aliphatic carbocycles. The number of hydrogen-bond donors (Lipinski definition) is 1. The zero-order chi connectivity index (χ0) is 11.9. The summed E-state index contributed by atoms with van der Waals surface area (Å²) < 4.78 is 0. The molecule has 0 spiro atoms. The molecule has 0 saturated carbocycles. The minimum atomic E-state index is 0.244. The fourth-order valence-electron chi connectivity index (χ4n) is 1.33. The molecule has 92 valence electrons. The molecule has 15 heavy (non-hydrogen) atoms. The van der Waals surface area contributed by atoms with E-state index < -0.39 is 0 Å². The van der Waals surface area contributed by atoms with Gasteiger partial charge in [0, 0.05) is 12.1 Å². The van der Waals surface area contributed by atoms with Crippen molar-refractivity contribution < 1.29 is 0 Å². The summed E-state index contributed by atoms with van der Waals surface area (Å²) in [5.41, 5.74) is 0.712. The highest BCUT2D eigenvalue weighted by Crippen LogP contribution is 2.27. The van der Waals surface area contributed by atoms with E-state index in [9.17, 15) is 0 Å². The van der Waals surface area contributed by atoms with Crippen LogP contribution in [0, 0.1) is 5.41 Å². The summed E-state index contributed by atoms with van der Waals surface area (Å²) in [6.07, 6.45) is 2.59. The van der Waals surface area contributed by atoms with E-state index in [4.69, 9.17) is 0 Å². The standard InChI is InChI=1S/C13H29NS/c1-7-13(6,9-10-15-8-2)11-14-12(3,4)5/h14H,7-11H2,1-6H3. The molecule has 1 nitrogen and oxygen atoms in total. The predicted octanol–water partition coefficient (Wildman–Crippen LogP) is 3.93. The van der Waals surface area contributed by atoms with Gasteiger partial charge in [-0.2, -0.15) is 11.8 Å². The highest BCUT2D eigenvalue weighted by atomic mass is 32.2. The highest BCUT2D eigenvalue weighted by Gasteiger charge is 2.23. The van der Waals surface area contributed by atoms with E-state index >= 15 is 0 Å². The average molecular weight is 231 g/mol. The number of nitrogens with one attached hydrogen (secondary N) is 1.